The van der Waals surface area contributed by atoms with Gasteiger partial charge < -0.3 is 15.3 Å². The highest BCUT2D eigenvalue weighted by atomic mass is 19.1. The van der Waals surface area contributed by atoms with Crippen LogP contribution in [0.5, 0.6) is 0 Å². The van der Waals surface area contributed by atoms with Crippen molar-refractivity contribution in [2.24, 2.45) is 0 Å². The predicted molar refractivity (Wildman–Crippen MR) is 117 cm³/mol. The second-order valence-electron chi connectivity index (χ2n) is 7.49. The number of aromatic nitrogens is 3. The molecule has 2 atom stereocenters. The van der Waals surface area contributed by atoms with Gasteiger partial charge in [0.2, 0.25) is 5.95 Å². The Labute approximate surface area is 177 Å². The number of nitrogens with zero attached hydrogens (tertiary/aromatic N) is 3. The predicted octanol–water partition coefficient (Wildman–Crippen LogP) is 3.13. The van der Waals surface area contributed by atoms with Crippen molar-refractivity contribution in [1.82, 2.24) is 15.2 Å². The molecular formula is C23H20FN5O2. The van der Waals surface area contributed by atoms with Crippen molar-refractivity contribution in [2.45, 2.75) is 18.7 Å². The highest BCUT2D eigenvalue weighted by Crippen LogP contribution is 2.30. The quantitative estimate of drug-likeness (QED) is 0.442. The third-order valence-corrected chi connectivity index (χ3v) is 5.58. The van der Waals surface area contributed by atoms with Crippen molar-refractivity contribution >= 4 is 22.3 Å². The monoisotopic (exact) mass is 417 g/mol. The molecule has 1 aliphatic rings. The van der Waals surface area contributed by atoms with Crippen LogP contribution in [0.15, 0.2) is 71.5 Å². The molecule has 3 N–H and O–H groups in total. The van der Waals surface area contributed by atoms with E-state index in [-0.39, 0.29) is 11.6 Å². The second-order valence-corrected chi connectivity index (χ2v) is 7.49. The Morgan fingerprint density at radius 3 is 2.58 bits per heavy atom. The molecule has 2 aromatic heterocycles. The molecule has 2 aromatic carbocycles. The Hall–Kier alpha value is -3.78. The van der Waals surface area contributed by atoms with Gasteiger partial charge in [-0.2, -0.15) is 9.49 Å². The molecule has 0 radical (unpaired) electrons. The molecule has 8 heteroatoms. The first-order chi connectivity index (χ1) is 15.1. The number of rotatable bonds is 4. The van der Waals surface area contributed by atoms with Crippen LogP contribution in [0.4, 0.5) is 15.9 Å². The summed E-state index contributed by atoms with van der Waals surface area (Å²) in [5.74, 6) is -0.161. The first-order valence-corrected chi connectivity index (χ1v) is 10.0. The third-order valence-electron chi connectivity index (χ3n) is 5.58. The van der Waals surface area contributed by atoms with Crippen LogP contribution in [0.1, 0.15) is 6.42 Å². The fourth-order valence-electron chi connectivity index (χ4n) is 4.03. The molecule has 156 valence electrons. The number of halogens is 1. The van der Waals surface area contributed by atoms with Crippen molar-refractivity contribution < 1.29 is 9.50 Å². The first kappa shape index (κ1) is 19.2. The van der Waals surface area contributed by atoms with Gasteiger partial charge in [0.25, 0.3) is 5.56 Å². The molecule has 2 unspecified atom stereocenters. The largest absolute Gasteiger partial charge is 0.371 e. The molecule has 3 heterocycles. The van der Waals surface area contributed by atoms with Crippen molar-refractivity contribution in [1.29, 1.82) is 0 Å². The average Bonchev–Trinajstić information content (AvgIpc) is 3.14. The summed E-state index contributed by atoms with van der Waals surface area (Å²) in [6.45, 7) is 0.646. The van der Waals surface area contributed by atoms with Crippen molar-refractivity contribution in [3.05, 3.63) is 83.0 Å². The van der Waals surface area contributed by atoms with Gasteiger partial charge in [-0.05, 0) is 36.8 Å². The van der Waals surface area contributed by atoms with Gasteiger partial charge in [0, 0.05) is 23.2 Å². The lowest BCUT2D eigenvalue weighted by Gasteiger charge is -2.26. The number of aliphatic hydroxyl groups is 1. The van der Waals surface area contributed by atoms with E-state index in [1.165, 1.54) is 6.07 Å². The number of fused-ring (bicyclic) bond motifs is 1. The average molecular weight is 417 g/mol. The fraction of sp³-hybridized carbons (Fsp3) is 0.174. The number of aromatic amines is 1. The summed E-state index contributed by atoms with van der Waals surface area (Å²) < 4.78 is 13.3. The van der Waals surface area contributed by atoms with Gasteiger partial charge in [-0.25, -0.2) is 10.1 Å². The van der Waals surface area contributed by atoms with Crippen LogP contribution < -0.4 is 15.8 Å². The Balaban J connectivity index is 1.37. The van der Waals surface area contributed by atoms with E-state index in [0.717, 1.165) is 16.6 Å². The maximum absolute atomic E-state index is 13.3. The summed E-state index contributed by atoms with van der Waals surface area (Å²) >= 11 is 0. The summed E-state index contributed by atoms with van der Waals surface area (Å²) in [5.41, 5.74) is 2.20. The lowest BCUT2D eigenvalue weighted by Crippen LogP contribution is -2.38. The summed E-state index contributed by atoms with van der Waals surface area (Å²) in [6.07, 6.45) is -0.0873. The van der Waals surface area contributed by atoms with E-state index in [2.05, 4.69) is 20.5 Å². The van der Waals surface area contributed by atoms with Gasteiger partial charge in [-0.3, -0.25) is 4.79 Å². The zero-order valence-corrected chi connectivity index (χ0v) is 16.5. The maximum atomic E-state index is 13.3. The minimum absolute atomic E-state index is 0.220. The van der Waals surface area contributed by atoms with Crippen LogP contribution in [0.2, 0.25) is 0 Å². The van der Waals surface area contributed by atoms with Gasteiger partial charge in [0.05, 0.1) is 17.1 Å². The lowest BCUT2D eigenvalue weighted by atomic mass is 10.0. The topological polar surface area (TPSA) is 94.1 Å². The minimum atomic E-state index is -0.775. The number of anilines is 2. The SMILES string of the molecule is O=c1[nH]nc(-c2ccc(N3CCC(Nc4cccc(F)n4)C3O)cc2)c2ccccc12. The molecular weight excluding hydrogens is 397 g/mol. The van der Waals surface area contributed by atoms with Gasteiger partial charge in [-0.15, -0.1) is 0 Å². The van der Waals surface area contributed by atoms with Crippen LogP contribution in [0.25, 0.3) is 22.0 Å². The molecule has 5 rings (SSSR count). The van der Waals surface area contributed by atoms with Gasteiger partial charge in [0.15, 0.2) is 0 Å². The van der Waals surface area contributed by atoms with Crippen LogP contribution in [-0.2, 0) is 0 Å². The van der Waals surface area contributed by atoms with E-state index in [0.29, 0.717) is 29.9 Å². The highest BCUT2D eigenvalue weighted by Gasteiger charge is 2.33. The van der Waals surface area contributed by atoms with Crippen LogP contribution in [-0.4, -0.2) is 39.1 Å². The van der Waals surface area contributed by atoms with Gasteiger partial charge in [0.1, 0.15) is 12.0 Å². The van der Waals surface area contributed by atoms with Crippen LogP contribution >= 0.6 is 0 Å². The minimum Gasteiger partial charge on any atom is -0.371 e. The number of pyridine rings is 1. The smallest absolute Gasteiger partial charge is 0.272 e. The van der Waals surface area contributed by atoms with Gasteiger partial charge in [-0.1, -0.05) is 36.4 Å². The van der Waals surface area contributed by atoms with Crippen molar-refractivity contribution in [3.8, 4) is 11.3 Å². The van der Waals surface area contributed by atoms with E-state index in [9.17, 15) is 14.3 Å². The number of aliphatic hydroxyl groups excluding tert-OH is 1. The van der Waals surface area contributed by atoms with E-state index < -0.39 is 12.2 Å². The van der Waals surface area contributed by atoms with E-state index >= 15 is 0 Å². The zero-order valence-electron chi connectivity index (χ0n) is 16.5. The molecule has 0 saturated carbocycles. The second kappa shape index (κ2) is 7.81. The summed E-state index contributed by atoms with van der Waals surface area (Å²) in [6, 6.07) is 19.3. The van der Waals surface area contributed by atoms with Crippen LogP contribution in [0, 0.1) is 5.95 Å². The molecule has 1 saturated heterocycles. The fourth-order valence-corrected chi connectivity index (χ4v) is 4.03. The summed E-state index contributed by atoms with van der Waals surface area (Å²) in [7, 11) is 0. The molecule has 7 nitrogen and oxygen atoms in total. The Morgan fingerprint density at radius 2 is 1.81 bits per heavy atom. The van der Waals surface area contributed by atoms with Crippen molar-refractivity contribution in [2.75, 3.05) is 16.8 Å². The number of nitrogens with one attached hydrogen (secondary N) is 2. The Bertz CT molecular complexity index is 1290. The zero-order chi connectivity index (χ0) is 21.4. The standard InChI is InChI=1S/C23H20FN5O2/c24-19-6-3-7-20(26-19)25-18-12-13-29(23(18)31)15-10-8-14(9-11-15)21-16-4-1-2-5-17(16)22(30)28-27-21/h1-11,18,23,31H,12-13H2,(H,25,26)(H,28,30). The molecule has 0 aliphatic carbocycles. The Kier molecular flexibility index (Phi) is 4.83. The molecule has 1 fully saturated rings. The Morgan fingerprint density at radius 1 is 1.03 bits per heavy atom. The molecule has 4 aromatic rings. The van der Waals surface area contributed by atoms with E-state index in [1.807, 2.05) is 47.4 Å². The normalized spacial score (nSPS) is 18.5. The number of benzene rings is 2. The highest BCUT2D eigenvalue weighted by molar-refractivity contribution is 5.93. The number of hydrogen-bond acceptors (Lipinski definition) is 6. The van der Waals surface area contributed by atoms with Crippen LogP contribution in [0.3, 0.4) is 0 Å². The molecule has 1 aliphatic heterocycles. The maximum Gasteiger partial charge on any atom is 0.272 e. The van der Waals surface area contributed by atoms with Gasteiger partial charge >= 0.3 is 0 Å². The lowest BCUT2D eigenvalue weighted by molar-refractivity contribution is 0.174. The van der Waals surface area contributed by atoms with E-state index in [4.69, 9.17) is 0 Å². The number of H-pyrrole nitrogens is 1. The molecule has 0 spiro atoms. The molecule has 0 bridgehead atoms. The van der Waals surface area contributed by atoms with Crippen molar-refractivity contribution in [3.63, 3.8) is 0 Å². The van der Waals surface area contributed by atoms with E-state index in [1.54, 1.807) is 18.2 Å². The molecule has 31 heavy (non-hydrogen) atoms. The summed E-state index contributed by atoms with van der Waals surface area (Å²) in [5, 5.41) is 22.1. The molecule has 0 amide bonds. The first-order valence-electron chi connectivity index (χ1n) is 10.0. The number of hydrogen-bond donors (Lipinski definition) is 3. The third kappa shape index (κ3) is 3.62. The summed E-state index contributed by atoms with van der Waals surface area (Å²) in [4.78, 5) is 17.7.